The molecule has 3 aliphatic heterocycles. The average molecular weight is 666 g/mol. The molecule has 5 rings (SSSR count). The maximum absolute atomic E-state index is 14.0. The van der Waals surface area contributed by atoms with Gasteiger partial charge in [-0.25, -0.2) is 0 Å². The van der Waals surface area contributed by atoms with Gasteiger partial charge in [0.1, 0.15) is 11.5 Å². The van der Waals surface area contributed by atoms with E-state index in [1.807, 2.05) is 13.8 Å². The first-order valence-corrected chi connectivity index (χ1v) is 16.2. The molecule has 9 atom stereocenters. The van der Waals surface area contributed by atoms with E-state index in [2.05, 4.69) is 5.32 Å². The number of allylic oxidation sites excluding steroid dienone is 4. The lowest BCUT2D eigenvalue weighted by Gasteiger charge is -2.38. The van der Waals surface area contributed by atoms with Gasteiger partial charge in [-0.1, -0.05) is 58.1 Å². The van der Waals surface area contributed by atoms with Crippen LogP contribution in [-0.2, 0) is 14.3 Å². The van der Waals surface area contributed by atoms with Crippen LogP contribution >= 0.6 is 0 Å². The summed E-state index contributed by atoms with van der Waals surface area (Å²) in [5.74, 6) is -4.84. The van der Waals surface area contributed by atoms with Gasteiger partial charge >= 0.3 is 0 Å². The van der Waals surface area contributed by atoms with E-state index in [9.17, 15) is 34.5 Å². The zero-order valence-corrected chi connectivity index (χ0v) is 29.0. The van der Waals surface area contributed by atoms with Crippen molar-refractivity contribution < 1.29 is 48.7 Å². The quantitative estimate of drug-likeness (QED) is 0.337. The minimum Gasteiger partial charge on any atom is -0.507 e. The van der Waals surface area contributed by atoms with E-state index in [1.54, 1.807) is 59.3 Å². The van der Waals surface area contributed by atoms with Crippen LogP contribution in [0, 0.1) is 30.6 Å². The second-order valence-corrected chi connectivity index (χ2v) is 13.5. The molecule has 4 aliphatic rings. The van der Waals surface area contributed by atoms with Crippen LogP contribution < -0.4 is 10.1 Å². The van der Waals surface area contributed by atoms with Gasteiger partial charge in [-0.15, -0.1) is 0 Å². The molecule has 1 aliphatic carbocycles. The van der Waals surface area contributed by atoms with Gasteiger partial charge < -0.3 is 34.8 Å². The summed E-state index contributed by atoms with van der Waals surface area (Å²) >= 11 is 0. The summed E-state index contributed by atoms with van der Waals surface area (Å²) in [7, 11) is 3.10. The van der Waals surface area contributed by atoms with Crippen LogP contribution in [0.5, 0.6) is 11.5 Å². The summed E-state index contributed by atoms with van der Waals surface area (Å²) in [6, 6.07) is 0. The predicted octanol–water partition coefficient (Wildman–Crippen LogP) is 4.17. The Morgan fingerprint density at radius 3 is 2.19 bits per heavy atom. The third kappa shape index (κ3) is 6.56. The number of hydrogen-bond donors (Lipinski definition) is 4. The maximum atomic E-state index is 14.0. The molecule has 1 amide bonds. The topological polar surface area (TPSA) is 169 Å². The Morgan fingerprint density at radius 1 is 0.896 bits per heavy atom. The fraction of sp³-hybridized carbons (Fsp3) is 0.514. The number of aromatic hydroxyl groups is 1. The summed E-state index contributed by atoms with van der Waals surface area (Å²) in [5, 5.41) is 36.1. The van der Waals surface area contributed by atoms with Crippen molar-refractivity contribution in [1.29, 1.82) is 0 Å². The Balaban J connectivity index is 1.81. The van der Waals surface area contributed by atoms with Gasteiger partial charge in [0, 0.05) is 61.5 Å². The molecule has 0 saturated carbocycles. The molecule has 1 aromatic rings. The number of aliphatic hydroxyl groups is 2. The summed E-state index contributed by atoms with van der Waals surface area (Å²) < 4.78 is 17.8. The first-order valence-electron chi connectivity index (χ1n) is 16.2. The van der Waals surface area contributed by atoms with Crippen molar-refractivity contribution in [2.75, 3.05) is 14.2 Å². The molecule has 1 aromatic carbocycles. The molecule has 0 aromatic heterocycles. The van der Waals surface area contributed by atoms with Crippen LogP contribution in [0.4, 0.5) is 0 Å². The number of benzene rings is 1. The highest BCUT2D eigenvalue weighted by Crippen LogP contribution is 2.48. The largest absolute Gasteiger partial charge is 0.507 e. The molecule has 0 spiro atoms. The van der Waals surface area contributed by atoms with Crippen molar-refractivity contribution in [3.8, 4) is 11.5 Å². The number of aliphatic hydroxyl groups excluding tert-OH is 2. The average Bonchev–Trinajstić information content (AvgIpc) is 3.31. The van der Waals surface area contributed by atoms with Gasteiger partial charge in [-0.05, 0) is 20.8 Å². The van der Waals surface area contributed by atoms with Crippen molar-refractivity contribution in [1.82, 2.24) is 5.32 Å². The zero-order chi connectivity index (χ0) is 35.8. The van der Waals surface area contributed by atoms with Crippen LogP contribution in [-0.4, -0.2) is 82.8 Å². The number of amides is 1. The molecule has 11 heteroatoms. The molecule has 3 heterocycles. The summed E-state index contributed by atoms with van der Waals surface area (Å²) in [6.45, 7) is 11.9. The van der Waals surface area contributed by atoms with Crippen LogP contribution in [0.2, 0.25) is 0 Å². The highest BCUT2D eigenvalue weighted by Gasteiger charge is 2.49. The first-order chi connectivity index (χ1) is 22.5. The Labute approximate surface area is 281 Å². The van der Waals surface area contributed by atoms with E-state index >= 15 is 0 Å². The fourth-order valence-corrected chi connectivity index (χ4v) is 6.95. The summed E-state index contributed by atoms with van der Waals surface area (Å²) in [5.41, 5.74) is -2.21. The monoisotopic (exact) mass is 665 g/mol. The Bertz CT molecular complexity index is 1620. The van der Waals surface area contributed by atoms with E-state index in [4.69, 9.17) is 14.2 Å². The summed E-state index contributed by atoms with van der Waals surface area (Å²) in [4.78, 5) is 54.1. The summed E-state index contributed by atoms with van der Waals surface area (Å²) in [6.07, 6.45) is 6.49. The van der Waals surface area contributed by atoms with Gasteiger partial charge in [0.2, 0.25) is 11.6 Å². The van der Waals surface area contributed by atoms with Crippen molar-refractivity contribution in [3.05, 3.63) is 70.0 Å². The molecule has 0 radical (unpaired) electrons. The molecule has 0 fully saturated rings. The van der Waals surface area contributed by atoms with E-state index in [1.165, 1.54) is 19.9 Å². The minimum atomic E-state index is -1.47. The first kappa shape index (κ1) is 36.9. The van der Waals surface area contributed by atoms with Gasteiger partial charge in [-0.2, -0.15) is 0 Å². The molecular formula is C37H47NO10. The van der Waals surface area contributed by atoms with E-state index in [-0.39, 0.29) is 51.6 Å². The van der Waals surface area contributed by atoms with Crippen LogP contribution in [0.3, 0.4) is 0 Å². The maximum Gasteiger partial charge on any atom is 0.251 e. The fourth-order valence-electron chi connectivity index (χ4n) is 6.95. The van der Waals surface area contributed by atoms with Crippen molar-refractivity contribution in [2.45, 2.75) is 84.9 Å². The van der Waals surface area contributed by atoms with Crippen LogP contribution in [0.25, 0.3) is 0 Å². The highest BCUT2D eigenvalue weighted by molar-refractivity contribution is 6.31. The van der Waals surface area contributed by atoms with Gasteiger partial charge in [-0.3, -0.25) is 19.2 Å². The van der Waals surface area contributed by atoms with Gasteiger partial charge in [0.15, 0.2) is 11.4 Å². The second-order valence-electron chi connectivity index (χ2n) is 13.5. The number of Topliss-reactive ketones (excluding diaryl/α,β-unsaturated/α-hetero) is 2. The smallest absolute Gasteiger partial charge is 0.251 e. The number of carbonyl (C=O) groups excluding carboxylic acids is 4. The van der Waals surface area contributed by atoms with Gasteiger partial charge in [0.25, 0.3) is 5.91 Å². The molecule has 11 nitrogen and oxygen atoms in total. The highest BCUT2D eigenvalue weighted by atomic mass is 16.5. The van der Waals surface area contributed by atoms with Crippen molar-refractivity contribution in [2.24, 2.45) is 23.7 Å². The van der Waals surface area contributed by atoms with Crippen LogP contribution in [0.1, 0.15) is 84.6 Å². The lowest BCUT2D eigenvalue weighted by atomic mass is 9.78. The zero-order valence-electron chi connectivity index (χ0n) is 29.0. The lowest BCUT2D eigenvalue weighted by Crippen LogP contribution is -2.45. The lowest BCUT2D eigenvalue weighted by molar-refractivity contribution is -0.116. The number of carbonyl (C=O) groups is 4. The Hall–Kier alpha value is -3.90. The standard InChI is InChI=1S/C37H47NO10/c1-17-12-10-13-18(2)36(45)38-23-16-24(39)26-27(32(23)43)31(42)22(6)34-28(26)35(44)37(7,48-34)15-11-14-25(46-8)19(3)33(47-9)21(5)30(41)20(4)29(17)40/h10-14,16-17,19-21,25,29-30,33,40-42H,15H2,1-9H3,(H,38,45)/b12-10+,14-11+,18-13-/t17-,19+,20+,21+,25-,29-,30+,33+,37+/m0/s1. The third-order valence-corrected chi connectivity index (χ3v) is 10.1. The second kappa shape index (κ2) is 14.3. The van der Waals surface area contributed by atoms with E-state index < -0.39 is 76.8 Å². The number of nitrogens with one attached hydrogen (secondary N) is 1. The van der Waals surface area contributed by atoms with Gasteiger partial charge in [0.05, 0.1) is 46.8 Å². The van der Waals surface area contributed by atoms with Crippen molar-refractivity contribution in [3.63, 3.8) is 0 Å². The third-order valence-electron chi connectivity index (χ3n) is 10.1. The number of phenols is 1. The predicted molar refractivity (Wildman–Crippen MR) is 178 cm³/mol. The minimum absolute atomic E-state index is 0.0229. The Morgan fingerprint density at radius 2 is 1.56 bits per heavy atom. The Kier molecular flexibility index (Phi) is 11.0. The van der Waals surface area contributed by atoms with E-state index in [0.29, 0.717) is 0 Å². The molecule has 260 valence electrons. The number of ether oxygens (including phenoxy) is 3. The molecule has 5 bridgehead atoms. The molecule has 4 N–H and O–H groups in total. The number of fused-ring (bicyclic) bond motifs is 14. The number of methoxy groups -OCH3 is 2. The number of phenolic OH excluding ortho intramolecular Hbond substituents is 1. The molecule has 48 heavy (non-hydrogen) atoms. The van der Waals surface area contributed by atoms with E-state index in [0.717, 1.165) is 6.08 Å². The van der Waals surface area contributed by atoms with Crippen LogP contribution in [0.15, 0.2) is 47.7 Å². The molecule has 0 unspecified atom stereocenters. The number of hydrogen-bond acceptors (Lipinski definition) is 10. The number of rotatable bonds is 2. The molecular weight excluding hydrogens is 618 g/mol. The van der Waals surface area contributed by atoms with Crippen molar-refractivity contribution >= 4 is 23.3 Å². The normalized spacial score (nSPS) is 35.7. The SMILES string of the molecule is CO[C@H]1[C@H](C)[C@H](O)[C@H](C)[C@@H](O)[C@@H](C)/C=C/C=C(/C)C(=O)NC2=CC(=O)c3c(c(O)c(C)c4c3C(=O)[C@@](C)(C/C=C/[C@H](OC)[C@H]1C)O4)C2=O. The number of ketones is 3. The molecule has 0 saturated heterocycles.